The van der Waals surface area contributed by atoms with Gasteiger partial charge in [-0.15, -0.1) is 0 Å². The zero-order valence-corrected chi connectivity index (χ0v) is 25.6. The van der Waals surface area contributed by atoms with Crippen LogP contribution in [0, 0.1) is 17.6 Å². The van der Waals surface area contributed by atoms with Crippen molar-refractivity contribution in [1.29, 1.82) is 0 Å². The quantitative estimate of drug-likeness (QED) is 0.411. The van der Waals surface area contributed by atoms with Crippen LogP contribution >= 0.6 is 11.6 Å². The summed E-state index contributed by atoms with van der Waals surface area (Å²) in [4.78, 5) is 33.4. The fourth-order valence-corrected chi connectivity index (χ4v) is 6.99. The molecular weight excluding hydrogens is 544 g/mol. The molecule has 8 heteroatoms. The molecular formula is C33H42ClF2N3O2. The molecule has 2 aromatic carbocycles. The number of halogens is 3. The maximum absolute atomic E-state index is 14.9. The Morgan fingerprint density at radius 3 is 2.10 bits per heavy atom. The van der Waals surface area contributed by atoms with Crippen molar-refractivity contribution in [3.05, 3.63) is 69.7 Å². The van der Waals surface area contributed by atoms with Gasteiger partial charge in [-0.3, -0.25) is 14.5 Å². The highest BCUT2D eigenvalue weighted by Gasteiger charge is 2.45. The first-order chi connectivity index (χ1) is 19.3. The Morgan fingerprint density at radius 2 is 1.51 bits per heavy atom. The molecule has 0 unspecified atom stereocenters. The molecule has 0 radical (unpaired) electrons. The second kappa shape index (κ2) is 11.3. The number of nitrogens with zero attached hydrogens (tertiary/aromatic N) is 3. The summed E-state index contributed by atoms with van der Waals surface area (Å²) in [6, 6.07) is 9.58. The zero-order chi connectivity index (χ0) is 29.7. The van der Waals surface area contributed by atoms with Gasteiger partial charge in [-0.25, -0.2) is 8.78 Å². The predicted octanol–water partition coefficient (Wildman–Crippen LogP) is 6.35. The number of hydrogen-bond donors (Lipinski definition) is 0. The number of carbonyl (C=O) groups is 2. The van der Waals surface area contributed by atoms with Crippen LogP contribution in [0.25, 0.3) is 0 Å². The molecule has 3 heterocycles. The minimum Gasteiger partial charge on any atom is -0.342 e. The van der Waals surface area contributed by atoms with E-state index in [0.717, 1.165) is 49.5 Å². The molecule has 2 aromatic rings. The van der Waals surface area contributed by atoms with Crippen molar-refractivity contribution >= 4 is 23.4 Å². The molecule has 3 saturated heterocycles. The predicted molar refractivity (Wildman–Crippen MR) is 158 cm³/mol. The van der Waals surface area contributed by atoms with Crippen molar-refractivity contribution in [2.24, 2.45) is 5.92 Å². The summed E-state index contributed by atoms with van der Waals surface area (Å²) in [5.41, 5.74) is 1.63. The van der Waals surface area contributed by atoms with Gasteiger partial charge in [0.05, 0.1) is 11.3 Å². The third kappa shape index (κ3) is 5.90. The van der Waals surface area contributed by atoms with Gasteiger partial charge in [0.15, 0.2) is 0 Å². The van der Waals surface area contributed by atoms with Crippen LogP contribution in [0.1, 0.15) is 82.4 Å². The van der Waals surface area contributed by atoms with Gasteiger partial charge >= 0.3 is 0 Å². The Hall–Kier alpha value is -2.51. The lowest BCUT2D eigenvalue weighted by Gasteiger charge is -2.40. The average Bonchev–Trinajstić information content (AvgIpc) is 3.33. The molecule has 0 aromatic heterocycles. The molecule has 3 aliphatic heterocycles. The lowest BCUT2D eigenvalue weighted by atomic mass is 9.75. The SMILES string of the molecule is CC(C)(C(=O)N1CCC1)c1cc(Cl)ccc1C1CCN(C(=O)[C@@H]2CN(C(C)(C)C)C[C@H]2c2ccc(F)cc2F)CC1. The molecule has 0 bridgehead atoms. The van der Waals surface area contributed by atoms with Gasteiger partial charge in [0.2, 0.25) is 11.8 Å². The Morgan fingerprint density at radius 1 is 0.854 bits per heavy atom. The largest absolute Gasteiger partial charge is 0.342 e. The minimum absolute atomic E-state index is 0.0357. The standard InChI is InChI=1S/C33H42ClF2N3O2/c1-32(2,3)39-19-26(25-10-8-23(35)18-29(25)36)27(20-39)30(40)37-15-11-21(12-16-37)24-9-7-22(34)17-28(24)33(4,5)31(41)38-13-6-14-38/h7-10,17-18,21,26-27H,6,11-16,19-20H2,1-5H3/t26-,27+/m0/s1. The molecule has 222 valence electrons. The van der Waals surface area contributed by atoms with Crippen molar-refractivity contribution in [3.63, 3.8) is 0 Å². The van der Waals surface area contributed by atoms with E-state index in [2.05, 4.69) is 31.7 Å². The summed E-state index contributed by atoms with van der Waals surface area (Å²) < 4.78 is 28.6. The molecule has 2 amide bonds. The summed E-state index contributed by atoms with van der Waals surface area (Å²) in [5, 5.41) is 0.615. The summed E-state index contributed by atoms with van der Waals surface area (Å²) in [5.74, 6) is -1.57. The van der Waals surface area contributed by atoms with Gasteiger partial charge in [0.1, 0.15) is 11.6 Å². The molecule has 3 fully saturated rings. The number of amides is 2. The maximum atomic E-state index is 14.9. The van der Waals surface area contributed by atoms with Gasteiger partial charge in [-0.2, -0.15) is 0 Å². The van der Waals surface area contributed by atoms with Crippen LogP contribution in [0.3, 0.4) is 0 Å². The molecule has 41 heavy (non-hydrogen) atoms. The molecule has 0 spiro atoms. The second-order valence-electron chi connectivity index (χ2n) is 13.6. The van der Waals surface area contributed by atoms with Crippen LogP contribution in [-0.2, 0) is 15.0 Å². The number of piperidine rings is 1. The topological polar surface area (TPSA) is 43.9 Å². The van der Waals surface area contributed by atoms with E-state index < -0.39 is 23.0 Å². The molecule has 2 atom stereocenters. The van der Waals surface area contributed by atoms with E-state index in [1.165, 1.54) is 12.1 Å². The Bertz CT molecular complexity index is 1310. The number of likely N-dealkylation sites (tertiary alicyclic amines) is 3. The van der Waals surface area contributed by atoms with E-state index in [-0.39, 0.29) is 29.2 Å². The first-order valence-electron chi connectivity index (χ1n) is 14.9. The van der Waals surface area contributed by atoms with E-state index in [1.54, 1.807) is 0 Å². The van der Waals surface area contributed by atoms with E-state index in [4.69, 9.17) is 11.6 Å². The van der Waals surface area contributed by atoms with Gasteiger partial charge in [0, 0.05) is 61.8 Å². The van der Waals surface area contributed by atoms with Gasteiger partial charge in [-0.05, 0) is 94.7 Å². The fourth-order valence-electron chi connectivity index (χ4n) is 6.82. The Kier molecular flexibility index (Phi) is 8.25. The van der Waals surface area contributed by atoms with Crippen LogP contribution in [0.2, 0.25) is 5.02 Å². The average molecular weight is 586 g/mol. The number of benzene rings is 2. The normalized spacial score (nSPS) is 22.6. The third-order valence-electron chi connectivity index (χ3n) is 9.56. The van der Waals surface area contributed by atoms with Gasteiger partial charge < -0.3 is 9.80 Å². The van der Waals surface area contributed by atoms with Crippen molar-refractivity contribution in [3.8, 4) is 0 Å². The summed E-state index contributed by atoms with van der Waals surface area (Å²) in [6.07, 6.45) is 2.60. The maximum Gasteiger partial charge on any atom is 0.232 e. The van der Waals surface area contributed by atoms with Crippen molar-refractivity contribution in [2.45, 2.75) is 76.7 Å². The summed E-state index contributed by atoms with van der Waals surface area (Å²) >= 11 is 6.43. The van der Waals surface area contributed by atoms with Crippen molar-refractivity contribution < 1.29 is 18.4 Å². The third-order valence-corrected chi connectivity index (χ3v) is 9.80. The van der Waals surface area contributed by atoms with Gasteiger partial charge in [-0.1, -0.05) is 23.7 Å². The Balaban J connectivity index is 1.34. The van der Waals surface area contributed by atoms with Gasteiger partial charge in [0.25, 0.3) is 0 Å². The van der Waals surface area contributed by atoms with E-state index in [9.17, 15) is 18.4 Å². The van der Waals surface area contributed by atoms with Crippen LogP contribution in [0.5, 0.6) is 0 Å². The molecule has 0 aliphatic carbocycles. The monoisotopic (exact) mass is 585 g/mol. The van der Waals surface area contributed by atoms with Crippen LogP contribution in [0.4, 0.5) is 8.78 Å². The smallest absolute Gasteiger partial charge is 0.232 e. The summed E-state index contributed by atoms with van der Waals surface area (Å²) in [7, 11) is 0. The van der Waals surface area contributed by atoms with Crippen molar-refractivity contribution in [1.82, 2.24) is 14.7 Å². The molecule has 5 rings (SSSR count). The highest BCUT2D eigenvalue weighted by atomic mass is 35.5. The first kappa shape index (κ1) is 30.0. The molecule has 3 aliphatic rings. The van der Waals surface area contributed by atoms with E-state index in [0.29, 0.717) is 36.8 Å². The lowest BCUT2D eigenvalue weighted by Crippen LogP contribution is -2.50. The number of carbonyl (C=O) groups excluding carboxylic acids is 2. The first-order valence-corrected chi connectivity index (χ1v) is 15.2. The van der Waals surface area contributed by atoms with Crippen molar-refractivity contribution in [2.75, 3.05) is 39.3 Å². The minimum atomic E-state index is -0.694. The van der Waals surface area contributed by atoms with E-state index >= 15 is 0 Å². The second-order valence-corrected chi connectivity index (χ2v) is 14.0. The van der Waals surface area contributed by atoms with Crippen LogP contribution in [-0.4, -0.2) is 71.3 Å². The zero-order valence-electron chi connectivity index (χ0n) is 24.9. The Labute approximate surface area is 247 Å². The highest BCUT2D eigenvalue weighted by Crippen LogP contribution is 2.42. The summed E-state index contributed by atoms with van der Waals surface area (Å²) in [6.45, 7) is 14.1. The molecule has 5 nitrogen and oxygen atoms in total. The fraction of sp³-hybridized carbons (Fsp3) is 0.576. The van der Waals surface area contributed by atoms with Crippen LogP contribution in [0.15, 0.2) is 36.4 Å². The molecule has 0 N–H and O–H groups in total. The molecule has 0 saturated carbocycles. The van der Waals surface area contributed by atoms with Crippen LogP contribution < -0.4 is 0 Å². The highest BCUT2D eigenvalue weighted by molar-refractivity contribution is 6.30. The number of hydrogen-bond acceptors (Lipinski definition) is 3. The lowest BCUT2D eigenvalue weighted by molar-refractivity contribution is -0.139. The number of rotatable bonds is 5. The van der Waals surface area contributed by atoms with E-state index in [1.807, 2.05) is 35.8 Å².